The number of ether oxygens (including phenoxy) is 1. The number of hydrogen-bond acceptors (Lipinski definition) is 6. The molecular weight excluding hydrogens is 396 g/mol. The predicted octanol–water partition coefficient (Wildman–Crippen LogP) is 4.95. The van der Waals surface area contributed by atoms with Gasteiger partial charge < -0.3 is 10.1 Å². The molecule has 1 fully saturated rings. The van der Waals surface area contributed by atoms with Crippen LogP contribution in [0.5, 0.6) is 5.75 Å². The molecule has 0 atom stereocenters. The molecule has 0 saturated carbocycles. The van der Waals surface area contributed by atoms with Crippen LogP contribution in [0, 0.1) is 10.1 Å². The number of nitro benzene ring substituents is 1. The Kier molecular flexibility index (Phi) is 5.55. The number of nitro groups is 1. The van der Waals surface area contributed by atoms with Gasteiger partial charge in [-0.15, -0.1) is 0 Å². The number of benzene rings is 2. The van der Waals surface area contributed by atoms with Crippen LogP contribution in [0.25, 0.3) is 6.08 Å². The molecule has 1 saturated heterocycles. The van der Waals surface area contributed by atoms with Gasteiger partial charge in [-0.1, -0.05) is 42.0 Å². The molecule has 1 aliphatic rings. The molecule has 6 nitrogen and oxygen atoms in total. The molecule has 1 aliphatic heterocycles. The Morgan fingerprint density at radius 3 is 2.73 bits per heavy atom. The first-order valence-corrected chi connectivity index (χ1v) is 8.94. The van der Waals surface area contributed by atoms with E-state index in [4.69, 9.17) is 28.6 Å². The monoisotopic (exact) mass is 406 g/mol. The lowest BCUT2D eigenvalue weighted by Crippen LogP contribution is -2.15. The van der Waals surface area contributed by atoms with Crippen molar-refractivity contribution in [3.05, 3.63) is 73.6 Å². The maximum atomic E-state index is 11.4. The summed E-state index contributed by atoms with van der Waals surface area (Å²) in [6.45, 7) is 0.197. The minimum absolute atomic E-state index is 0.0878. The molecule has 0 aromatic heterocycles. The van der Waals surface area contributed by atoms with E-state index in [-0.39, 0.29) is 22.5 Å². The van der Waals surface area contributed by atoms with Crippen molar-refractivity contribution in [2.24, 2.45) is 0 Å². The van der Waals surface area contributed by atoms with Crippen LogP contribution < -0.4 is 10.1 Å². The summed E-state index contributed by atoms with van der Waals surface area (Å²) in [5, 5.41) is 13.9. The summed E-state index contributed by atoms with van der Waals surface area (Å²) < 4.78 is 5.80. The SMILES string of the molecule is O=C1NC(=S)/C(=C\c2cc([N+](=O)[O-])ccc2OCc2ccccc2Cl)S1. The first-order chi connectivity index (χ1) is 12.4. The molecule has 0 spiro atoms. The highest BCUT2D eigenvalue weighted by Gasteiger charge is 2.22. The van der Waals surface area contributed by atoms with Crippen LogP contribution in [0.3, 0.4) is 0 Å². The topological polar surface area (TPSA) is 81.5 Å². The van der Waals surface area contributed by atoms with Gasteiger partial charge >= 0.3 is 0 Å². The van der Waals surface area contributed by atoms with E-state index in [0.717, 1.165) is 17.3 Å². The predicted molar refractivity (Wildman–Crippen MR) is 106 cm³/mol. The van der Waals surface area contributed by atoms with Crippen molar-refractivity contribution in [1.29, 1.82) is 0 Å². The Morgan fingerprint density at radius 1 is 1.31 bits per heavy atom. The molecule has 132 valence electrons. The van der Waals surface area contributed by atoms with E-state index in [9.17, 15) is 14.9 Å². The number of nitrogens with zero attached hydrogens (tertiary/aromatic N) is 1. The maximum absolute atomic E-state index is 11.4. The van der Waals surface area contributed by atoms with Crippen molar-refractivity contribution < 1.29 is 14.5 Å². The number of carbonyl (C=O) groups is 1. The van der Waals surface area contributed by atoms with Crippen LogP contribution in [0.1, 0.15) is 11.1 Å². The second-order valence-electron chi connectivity index (χ2n) is 5.21. The lowest BCUT2D eigenvalue weighted by molar-refractivity contribution is -0.384. The molecule has 0 bridgehead atoms. The number of thioether (sulfide) groups is 1. The minimum Gasteiger partial charge on any atom is -0.488 e. The van der Waals surface area contributed by atoms with E-state index < -0.39 is 4.92 Å². The van der Waals surface area contributed by atoms with Crippen molar-refractivity contribution in [2.45, 2.75) is 6.61 Å². The third-order valence-electron chi connectivity index (χ3n) is 3.47. The van der Waals surface area contributed by atoms with Crippen LogP contribution in [0.4, 0.5) is 10.5 Å². The van der Waals surface area contributed by atoms with Gasteiger partial charge in [-0.05, 0) is 30.0 Å². The van der Waals surface area contributed by atoms with Gasteiger partial charge in [-0.3, -0.25) is 14.9 Å². The van der Waals surface area contributed by atoms with E-state index in [1.807, 2.05) is 18.2 Å². The molecule has 9 heteroatoms. The summed E-state index contributed by atoms with van der Waals surface area (Å²) in [7, 11) is 0. The molecule has 1 N–H and O–H groups in total. The van der Waals surface area contributed by atoms with Crippen LogP contribution in [-0.4, -0.2) is 15.2 Å². The number of hydrogen-bond donors (Lipinski definition) is 1. The smallest absolute Gasteiger partial charge is 0.289 e. The summed E-state index contributed by atoms with van der Waals surface area (Å²) in [6, 6.07) is 11.5. The summed E-state index contributed by atoms with van der Waals surface area (Å²) >= 11 is 12.1. The number of rotatable bonds is 5. The third kappa shape index (κ3) is 4.21. The molecular formula is C17H11ClN2O4S2. The standard InChI is InChI=1S/C17H11ClN2O4S2/c18-13-4-2-1-3-10(13)9-24-14-6-5-12(20(22)23)7-11(14)8-15-16(25)19-17(21)26-15/h1-8H,9H2,(H,19,21,25)/b15-8+. The van der Waals surface area contributed by atoms with Gasteiger partial charge in [0.05, 0.1) is 9.83 Å². The zero-order valence-corrected chi connectivity index (χ0v) is 15.5. The molecule has 0 radical (unpaired) electrons. The van der Waals surface area contributed by atoms with Crippen LogP contribution in [0.2, 0.25) is 5.02 Å². The van der Waals surface area contributed by atoms with Gasteiger partial charge in [-0.2, -0.15) is 0 Å². The van der Waals surface area contributed by atoms with Crippen molar-refractivity contribution in [3.8, 4) is 5.75 Å². The van der Waals surface area contributed by atoms with Crippen LogP contribution in [-0.2, 0) is 6.61 Å². The number of halogens is 1. The van der Waals surface area contributed by atoms with Crippen molar-refractivity contribution >= 4 is 57.6 Å². The van der Waals surface area contributed by atoms with E-state index in [2.05, 4.69) is 5.32 Å². The highest BCUT2D eigenvalue weighted by molar-refractivity contribution is 8.19. The molecule has 2 aromatic carbocycles. The fourth-order valence-corrected chi connectivity index (χ4v) is 3.44. The lowest BCUT2D eigenvalue weighted by atomic mass is 10.1. The molecule has 2 aromatic rings. The highest BCUT2D eigenvalue weighted by Crippen LogP contribution is 2.32. The van der Waals surface area contributed by atoms with Gasteiger partial charge in [0.1, 0.15) is 17.3 Å². The Balaban J connectivity index is 1.93. The minimum atomic E-state index is -0.497. The zero-order chi connectivity index (χ0) is 18.7. The molecule has 26 heavy (non-hydrogen) atoms. The normalized spacial score (nSPS) is 15.2. The highest BCUT2D eigenvalue weighted by atomic mass is 35.5. The molecule has 0 unspecified atom stereocenters. The van der Waals surface area contributed by atoms with E-state index in [1.165, 1.54) is 18.2 Å². The fraction of sp³-hybridized carbons (Fsp3) is 0.0588. The quantitative estimate of drug-likeness (QED) is 0.327. The van der Waals surface area contributed by atoms with Crippen molar-refractivity contribution in [3.63, 3.8) is 0 Å². The summed E-state index contributed by atoms with van der Waals surface area (Å²) in [5.41, 5.74) is 1.15. The average molecular weight is 407 g/mol. The Bertz CT molecular complexity index is 946. The average Bonchev–Trinajstić information content (AvgIpc) is 2.92. The van der Waals surface area contributed by atoms with E-state index in [1.54, 1.807) is 12.1 Å². The number of amides is 1. The zero-order valence-electron chi connectivity index (χ0n) is 13.1. The lowest BCUT2D eigenvalue weighted by Gasteiger charge is -2.11. The maximum Gasteiger partial charge on any atom is 0.289 e. The van der Waals surface area contributed by atoms with Gasteiger partial charge in [-0.25, -0.2) is 0 Å². The summed E-state index contributed by atoms with van der Waals surface area (Å²) in [5.74, 6) is 0.422. The van der Waals surface area contributed by atoms with Crippen LogP contribution in [0.15, 0.2) is 47.4 Å². The second kappa shape index (κ2) is 7.86. The number of thiocarbonyl (C=S) groups is 1. The Hall–Kier alpha value is -2.42. The largest absolute Gasteiger partial charge is 0.488 e. The van der Waals surface area contributed by atoms with E-state index >= 15 is 0 Å². The van der Waals surface area contributed by atoms with Crippen LogP contribution >= 0.6 is 35.6 Å². The summed E-state index contributed by atoms with van der Waals surface area (Å²) in [4.78, 5) is 22.8. The van der Waals surface area contributed by atoms with Gasteiger partial charge in [0, 0.05) is 28.3 Å². The molecule has 1 heterocycles. The Labute approximate surface area is 163 Å². The number of nitrogens with one attached hydrogen (secondary N) is 1. The third-order valence-corrected chi connectivity index (χ3v) is 5.12. The first-order valence-electron chi connectivity index (χ1n) is 7.33. The molecule has 1 amide bonds. The van der Waals surface area contributed by atoms with Gasteiger partial charge in [0.2, 0.25) is 0 Å². The second-order valence-corrected chi connectivity index (χ2v) is 7.04. The molecule has 3 rings (SSSR count). The number of carbonyl (C=O) groups excluding carboxylic acids is 1. The van der Waals surface area contributed by atoms with Gasteiger partial charge in [0.25, 0.3) is 10.9 Å². The molecule has 0 aliphatic carbocycles. The number of non-ortho nitro benzene ring substituents is 1. The summed E-state index contributed by atoms with van der Waals surface area (Å²) in [6.07, 6.45) is 1.60. The fourth-order valence-electron chi connectivity index (χ4n) is 2.23. The first kappa shape index (κ1) is 18.4. The van der Waals surface area contributed by atoms with Gasteiger partial charge in [0.15, 0.2) is 0 Å². The van der Waals surface area contributed by atoms with Crippen molar-refractivity contribution in [1.82, 2.24) is 5.32 Å². The Morgan fingerprint density at radius 2 is 2.08 bits per heavy atom. The van der Waals surface area contributed by atoms with Crippen molar-refractivity contribution in [2.75, 3.05) is 0 Å². The van der Waals surface area contributed by atoms with E-state index in [0.29, 0.717) is 21.2 Å².